The van der Waals surface area contributed by atoms with Crippen LogP contribution in [0, 0.1) is 13.8 Å². The maximum Gasteiger partial charge on any atom is 0.248 e. The molecule has 15 heavy (non-hydrogen) atoms. The number of hydrogen-bond acceptors (Lipinski definition) is 2. The van der Waals surface area contributed by atoms with Crippen molar-refractivity contribution in [3.05, 3.63) is 39.7 Å². The molecule has 0 unspecified atom stereocenters. The molecule has 1 aromatic heterocycles. The summed E-state index contributed by atoms with van der Waals surface area (Å²) in [5.74, 6) is 0.815. The van der Waals surface area contributed by atoms with Crippen molar-refractivity contribution in [1.82, 2.24) is 4.98 Å². The van der Waals surface area contributed by atoms with Gasteiger partial charge >= 0.3 is 0 Å². The first-order valence-corrected chi connectivity index (χ1v) is 4.80. The van der Waals surface area contributed by atoms with E-state index in [9.17, 15) is 4.79 Å². The molecule has 0 saturated carbocycles. The van der Waals surface area contributed by atoms with Crippen LogP contribution in [0.4, 0.5) is 0 Å². The highest BCUT2D eigenvalue weighted by Crippen LogP contribution is 2.24. The normalized spacial score (nSPS) is 10.6. The highest BCUT2D eigenvalue weighted by molar-refractivity contribution is 5.86. The number of rotatable bonds is 1. The van der Waals surface area contributed by atoms with Crippen molar-refractivity contribution in [2.45, 2.75) is 13.8 Å². The highest BCUT2D eigenvalue weighted by Gasteiger charge is 2.04. The van der Waals surface area contributed by atoms with E-state index in [-0.39, 0.29) is 5.56 Å². The fourth-order valence-electron chi connectivity index (χ4n) is 1.78. The molecule has 2 rings (SSSR count). The van der Waals surface area contributed by atoms with E-state index < -0.39 is 0 Å². The lowest BCUT2D eigenvalue weighted by Crippen LogP contribution is -2.05. The minimum atomic E-state index is -0.0618. The average Bonchev–Trinajstić information content (AvgIpc) is 2.19. The van der Waals surface area contributed by atoms with Crippen molar-refractivity contribution in [2.24, 2.45) is 0 Å². The number of pyridine rings is 1. The van der Waals surface area contributed by atoms with Crippen LogP contribution in [-0.4, -0.2) is 12.1 Å². The summed E-state index contributed by atoms with van der Waals surface area (Å²) in [4.78, 5) is 14.2. The fraction of sp³-hybridized carbons (Fsp3) is 0.250. The Morgan fingerprint density at radius 1 is 1.13 bits per heavy atom. The second kappa shape index (κ2) is 3.42. The standard InChI is InChI=1S/C12H13NO2/c1-7-5-11(14)13-12-8(2)4-9(15-3)6-10(7)12/h4-6H,1-3H3,(H,13,14). The zero-order valence-corrected chi connectivity index (χ0v) is 9.05. The van der Waals surface area contributed by atoms with Crippen LogP contribution in [0.3, 0.4) is 0 Å². The van der Waals surface area contributed by atoms with E-state index in [1.807, 2.05) is 26.0 Å². The first-order chi connectivity index (χ1) is 7.11. The molecule has 0 aliphatic rings. The van der Waals surface area contributed by atoms with Gasteiger partial charge in [-0.15, -0.1) is 0 Å². The third kappa shape index (κ3) is 1.61. The molecule has 0 spiro atoms. The lowest BCUT2D eigenvalue weighted by Gasteiger charge is -2.07. The minimum Gasteiger partial charge on any atom is -0.497 e. The number of hydrogen-bond donors (Lipinski definition) is 1. The van der Waals surface area contributed by atoms with Crippen LogP contribution in [0.1, 0.15) is 11.1 Å². The summed E-state index contributed by atoms with van der Waals surface area (Å²) in [6.45, 7) is 3.89. The number of aromatic nitrogens is 1. The first kappa shape index (κ1) is 9.77. The molecule has 0 amide bonds. The summed E-state index contributed by atoms with van der Waals surface area (Å²) in [5.41, 5.74) is 2.81. The quantitative estimate of drug-likeness (QED) is 0.771. The molecule has 2 aromatic rings. The van der Waals surface area contributed by atoms with Crippen LogP contribution in [0.15, 0.2) is 23.0 Å². The molecule has 1 N–H and O–H groups in total. The summed E-state index contributed by atoms with van der Waals surface area (Å²) in [5, 5.41) is 1.03. The van der Waals surface area contributed by atoms with E-state index in [1.165, 1.54) is 0 Å². The van der Waals surface area contributed by atoms with Gasteiger partial charge in [-0.3, -0.25) is 4.79 Å². The third-order valence-electron chi connectivity index (χ3n) is 2.57. The zero-order valence-electron chi connectivity index (χ0n) is 9.05. The summed E-state index contributed by atoms with van der Waals surface area (Å²) in [6.07, 6.45) is 0. The lowest BCUT2D eigenvalue weighted by molar-refractivity contribution is 0.415. The molecule has 1 aromatic carbocycles. The van der Waals surface area contributed by atoms with Crippen molar-refractivity contribution in [1.29, 1.82) is 0 Å². The van der Waals surface area contributed by atoms with E-state index in [0.29, 0.717) is 0 Å². The maximum atomic E-state index is 11.3. The van der Waals surface area contributed by atoms with Gasteiger partial charge in [0, 0.05) is 11.5 Å². The second-order valence-electron chi connectivity index (χ2n) is 3.68. The Hall–Kier alpha value is -1.77. The van der Waals surface area contributed by atoms with E-state index in [0.717, 1.165) is 27.8 Å². The van der Waals surface area contributed by atoms with Gasteiger partial charge < -0.3 is 9.72 Å². The van der Waals surface area contributed by atoms with Crippen molar-refractivity contribution < 1.29 is 4.74 Å². The molecule has 0 aliphatic carbocycles. The number of aryl methyl sites for hydroxylation is 2. The molecule has 3 heteroatoms. The molecule has 78 valence electrons. The van der Waals surface area contributed by atoms with Gasteiger partial charge in [-0.1, -0.05) is 0 Å². The van der Waals surface area contributed by atoms with E-state index in [4.69, 9.17) is 4.74 Å². The SMILES string of the molecule is COc1cc(C)c2[nH]c(=O)cc(C)c2c1. The van der Waals surface area contributed by atoms with Crippen LogP contribution >= 0.6 is 0 Å². The van der Waals surface area contributed by atoms with Crippen molar-refractivity contribution in [2.75, 3.05) is 7.11 Å². The van der Waals surface area contributed by atoms with Crippen LogP contribution in [-0.2, 0) is 0 Å². The zero-order chi connectivity index (χ0) is 11.0. The van der Waals surface area contributed by atoms with Gasteiger partial charge in [0.1, 0.15) is 5.75 Å². The Morgan fingerprint density at radius 3 is 2.53 bits per heavy atom. The largest absolute Gasteiger partial charge is 0.497 e. The predicted molar refractivity (Wildman–Crippen MR) is 60.6 cm³/mol. The smallest absolute Gasteiger partial charge is 0.248 e. The number of aromatic amines is 1. The fourth-order valence-corrected chi connectivity index (χ4v) is 1.78. The van der Waals surface area contributed by atoms with E-state index >= 15 is 0 Å². The molecule has 0 bridgehead atoms. The molecule has 1 heterocycles. The van der Waals surface area contributed by atoms with Crippen LogP contribution < -0.4 is 10.3 Å². The molecular weight excluding hydrogens is 190 g/mol. The maximum absolute atomic E-state index is 11.3. The predicted octanol–water partition coefficient (Wildman–Crippen LogP) is 2.15. The lowest BCUT2D eigenvalue weighted by atomic mass is 10.1. The average molecular weight is 203 g/mol. The molecule has 0 aliphatic heterocycles. The molecule has 0 fully saturated rings. The Bertz CT molecular complexity index is 570. The van der Waals surface area contributed by atoms with Crippen molar-refractivity contribution in [3.8, 4) is 5.75 Å². The number of ether oxygens (including phenoxy) is 1. The van der Waals surface area contributed by atoms with Gasteiger partial charge in [-0.25, -0.2) is 0 Å². The molecular formula is C12H13NO2. The van der Waals surface area contributed by atoms with Gasteiger partial charge in [0.25, 0.3) is 0 Å². The number of fused-ring (bicyclic) bond motifs is 1. The summed E-state index contributed by atoms with van der Waals surface area (Å²) >= 11 is 0. The molecule has 3 nitrogen and oxygen atoms in total. The van der Waals surface area contributed by atoms with Gasteiger partial charge in [0.2, 0.25) is 5.56 Å². The van der Waals surface area contributed by atoms with Crippen LogP contribution in [0.2, 0.25) is 0 Å². The van der Waals surface area contributed by atoms with E-state index in [2.05, 4.69) is 4.98 Å². The Morgan fingerprint density at radius 2 is 1.87 bits per heavy atom. The Kier molecular flexibility index (Phi) is 2.23. The molecule has 0 radical (unpaired) electrons. The number of nitrogens with one attached hydrogen (secondary N) is 1. The Labute approximate surface area is 87.7 Å². The van der Waals surface area contributed by atoms with Crippen LogP contribution in [0.5, 0.6) is 5.75 Å². The Balaban J connectivity index is 2.91. The van der Waals surface area contributed by atoms with Crippen molar-refractivity contribution in [3.63, 3.8) is 0 Å². The summed E-state index contributed by atoms with van der Waals surface area (Å²) < 4.78 is 5.20. The van der Waals surface area contributed by atoms with Gasteiger partial charge in [-0.05, 0) is 37.1 Å². The third-order valence-corrected chi connectivity index (χ3v) is 2.57. The van der Waals surface area contributed by atoms with E-state index in [1.54, 1.807) is 13.2 Å². The number of methoxy groups -OCH3 is 1. The first-order valence-electron chi connectivity index (χ1n) is 4.80. The summed E-state index contributed by atoms with van der Waals surface area (Å²) in [6, 6.07) is 5.45. The topological polar surface area (TPSA) is 42.1 Å². The monoisotopic (exact) mass is 203 g/mol. The second-order valence-corrected chi connectivity index (χ2v) is 3.68. The van der Waals surface area contributed by atoms with Gasteiger partial charge in [0.15, 0.2) is 0 Å². The number of H-pyrrole nitrogens is 1. The van der Waals surface area contributed by atoms with Crippen molar-refractivity contribution >= 4 is 10.9 Å². The van der Waals surface area contributed by atoms with Gasteiger partial charge in [-0.2, -0.15) is 0 Å². The summed E-state index contributed by atoms with van der Waals surface area (Å²) in [7, 11) is 1.64. The highest BCUT2D eigenvalue weighted by atomic mass is 16.5. The van der Waals surface area contributed by atoms with Crippen LogP contribution in [0.25, 0.3) is 10.9 Å². The minimum absolute atomic E-state index is 0.0618. The van der Waals surface area contributed by atoms with Gasteiger partial charge in [0.05, 0.1) is 12.6 Å². The number of benzene rings is 1. The molecule has 0 saturated heterocycles. The molecule has 0 atom stereocenters.